The molecule has 1 aliphatic heterocycles. The zero-order valence-corrected chi connectivity index (χ0v) is 10.6. The van der Waals surface area contributed by atoms with Gasteiger partial charge in [-0.3, -0.25) is 4.79 Å². The van der Waals surface area contributed by atoms with E-state index in [0.717, 1.165) is 25.8 Å². The number of primary amides is 1. The van der Waals surface area contributed by atoms with Crippen LogP contribution in [0.15, 0.2) is 6.07 Å². The summed E-state index contributed by atoms with van der Waals surface area (Å²) in [4.78, 5) is 13.3. The second-order valence-corrected chi connectivity index (χ2v) is 4.70. The number of carbonyl (C=O) groups is 1. The molecule has 2 rings (SSSR count). The molecule has 1 amide bonds. The van der Waals surface area contributed by atoms with E-state index in [1.54, 1.807) is 6.07 Å². The number of halogens is 2. The fourth-order valence-electron chi connectivity index (χ4n) is 2.06. The van der Waals surface area contributed by atoms with Crippen LogP contribution in [0, 0.1) is 0 Å². The van der Waals surface area contributed by atoms with Crippen LogP contribution >= 0.6 is 23.2 Å². The Morgan fingerprint density at radius 3 is 2.88 bits per heavy atom. The van der Waals surface area contributed by atoms with Gasteiger partial charge >= 0.3 is 0 Å². The van der Waals surface area contributed by atoms with Crippen LogP contribution in [0.25, 0.3) is 0 Å². The van der Waals surface area contributed by atoms with Crippen LogP contribution in [0.5, 0.6) is 0 Å². The van der Waals surface area contributed by atoms with Crippen molar-refractivity contribution in [3.8, 4) is 0 Å². The number of rotatable bonds is 2. The van der Waals surface area contributed by atoms with Gasteiger partial charge in [0.2, 0.25) is 5.91 Å². The standard InChI is InChI=1S/C10H12Cl2N4O/c11-8-5-7(9(12)15-14-8)16-4-2-1-3-6(16)10(13)17/h5-6H,1-4H2,(H2,13,17). The van der Waals surface area contributed by atoms with E-state index < -0.39 is 0 Å². The van der Waals surface area contributed by atoms with Gasteiger partial charge < -0.3 is 10.6 Å². The molecular formula is C10H12Cl2N4O. The number of carbonyl (C=O) groups excluding carboxylic acids is 1. The zero-order valence-electron chi connectivity index (χ0n) is 9.07. The predicted molar refractivity (Wildman–Crippen MR) is 66.2 cm³/mol. The summed E-state index contributed by atoms with van der Waals surface area (Å²) in [7, 11) is 0. The Hall–Kier alpha value is -1.07. The van der Waals surface area contributed by atoms with Crippen molar-refractivity contribution < 1.29 is 4.79 Å². The van der Waals surface area contributed by atoms with Crippen LogP contribution in [0.4, 0.5) is 5.69 Å². The Kier molecular flexibility index (Phi) is 3.69. The van der Waals surface area contributed by atoms with Crippen molar-refractivity contribution in [2.24, 2.45) is 5.73 Å². The fourth-order valence-corrected chi connectivity index (χ4v) is 2.40. The van der Waals surface area contributed by atoms with E-state index in [-0.39, 0.29) is 22.3 Å². The van der Waals surface area contributed by atoms with Crippen LogP contribution < -0.4 is 10.6 Å². The Bertz CT molecular complexity index is 440. The minimum Gasteiger partial charge on any atom is -0.368 e. The number of nitrogens with zero attached hydrogens (tertiary/aromatic N) is 3. The molecule has 5 nitrogen and oxygen atoms in total. The molecule has 0 spiro atoms. The highest BCUT2D eigenvalue weighted by atomic mass is 35.5. The molecule has 2 N–H and O–H groups in total. The van der Waals surface area contributed by atoms with Gasteiger partial charge in [-0.05, 0) is 19.3 Å². The number of amides is 1. The summed E-state index contributed by atoms with van der Waals surface area (Å²) in [5.74, 6) is -0.353. The Labute approximate surface area is 109 Å². The van der Waals surface area contributed by atoms with E-state index >= 15 is 0 Å². The van der Waals surface area contributed by atoms with Gasteiger partial charge in [0.25, 0.3) is 0 Å². The molecule has 1 atom stereocenters. The molecule has 1 aromatic rings. The first-order valence-corrected chi connectivity index (χ1v) is 6.10. The summed E-state index contributed by atoms with van der Waals surface area (Å²) in [5.41, 5.74) is 6.01. The fraction of sp³-hybridized carbons (Fsp3) is 0.500. The van der Waals surface area contributed by atoms with E-state index in [1.807, 2.05) is 4.90 Å². The lowest BCUT2D eigenvalue weighted by atomic mass is 10.0. The lowest BCUT2D eigenvalue weighted by Gasteiger charge is -2.35. The maximum atomic E-state index is 11.4. The highest BCUT2D eigenvalue weighted by Crippen LogP contribution is 2.30. The molecule has 0 aromatic carbocycles. The summed E-state index contributed by atoms with van der Waals surface area (Å²) in [6, 6.07) is 1.26. The molecule has 17 heavy (non-hydrogen) atoms. The summed E-state index contributed by atoms with van der Waals surface area (Å²) >= 11 is 11.8. The Balaban J connectivity index is 2.35. The highest BCUT2D eigenvalue weighted by molar-refractivity contribution is 6.33. The van der Waals surface area contributed by atoms with Crippen molar-refractivity contribution in [3.63, 3.8) is 0 Å². The second kappa shape index (κ2) is 5.06. The molecule has 0 aliphatic carbocycles. The Morgan fingerprint density at radius 2 is 2.18 bits per heavy atom. The van der Waals surface area contributed by atoms with E-state index in [1.165, 1.54) is 0 Å². The largest absolute Gasteiger partial charge is 0.368 e. The number of nitrogens with two attached hydrogens (primary N) is 1. The van der Waals surface area contributed by atoms with Crippen molar-refractivity contribution >= 4 is 34.8 Å². The smallest absolute Gasteiger partial charge is 0.240 e. The monoisotopic (exact) mass is 274 g/mol. The average Bonchev–Trinajstić information content (AvgIpc) is 2.32. The highest BCUT2D eigenvalue weighted by Gasteiger charge is 2.29. The normalized spacial score (nSPS) is 20.4. The SMILES string of the molecule is NC(=O)C1CCCCN1c1cc(Cl)nnc1Cl. The van der Waals surface area contributed by atoms with Gasteiger partial charge in [0.15, 0.2) is 10.3 Å². The third-order valence-corrected chi connectivity index (χ3v) is 3.30. The van der Waals surface area contributed by atoms with Gasteiger partial charge in [-0.25, -0.2) is 0 Å². The topological polar surface area (TPSA) is 72.1 Å². The maximum absolute atomic E-state index is 11.4. The second-order valence-electron chi connectivity index (χ2n) is 3.95. The summed E-state index contributed by atoms with van der Waals surface area (Å²) in [5, 5.41) is 7.87. The van der Waals surface area contributed by atoms with Gasteiger partial charge in [-0.1, -0.05) is 23.2 Å². The van der Waals surface area contributed by atoms with Crippen molar-refractivity contribution in [1.29, 1.82) is 0 Å². The van der Waals surface area contributed by atoms with Crippen molar-refractivity contribution in [3.05, 3.63) is 16.4 Å². The van der Waals surface area contributed by atoms with E-state index in [9.17, 15) is 4.79 Å². The first-order chi connectivity index (χ1) is 8.09. The minimum absolute atomic E-state index is 0.238. The third kappa shape index (κ3) is 2.61. The predicted octanol–water partition coefficient (Wildman–Crippen LogP) is 1.63. The number of piperidine rings is 1. The third-order valence-electron chi connectivity index (χ3n) is 2.84. The maximum Gasteiger partial charge on any atom is 0.240 e. The average molecular weight is 275 g/mol. The first-order valence-electron chi connectivity index (χ1n) is 5.34. The van der Waals surface area contributed by atoms with E-state index in [2.05, 4.69) is 10.2 Å². The number of hydrogen-bond acceptors (Lipinski definition) is 4. The molecule has 0 radical (unpaired) electrons. The molecule has 2 heterocycles. The van der Waals surface area contributed by atoms with Gasteiger partial charge in [0, 0.05) is 12.6 Å². The van der Waals surface area contributed by atoms with Crippen molar-refractivity contribution in [1.82, 2.24) is 10.2 Å². The summed E-state index contributed by atoms with van der Waals surface area (Å²) < 4.78 is 0. The molecular weight excluding hydrogens is 263 g/mol. The lowest BCUT2D eigenvalue weighted by Crippen LogP contribution is -2.48. The molecule has 92 valence electrons. The molecule has 7 heteroatoms. The quantitative estimate of drug-likeness (QED) is 0.890. The molecule has 1 saturated heterocycles. The molecule has 0 bridgehead atoms. The number of anilines is 1. The van der Waals surface area contributed by atoms with Crippen LogP contribution in [-0.2, 0) is 4.79 Å². The summed E-state index contributed by atoms with van der Waals surface area (Å²) in [6.45, 7) is 0.718. The molecule has 1 fully saturated rings. The molecule has 1 unspecified atom stereocenters. The summed E-state index contributed by atoms with van der Waals surface area (Å²) in [6.07, 6.45) is 2.69. The van der Waals surface area contributed by atoms with Crippen LogP contribution in [0.1, 0.15) is 19.3 Å². The molecule has 1 aliphatic rings. The minimum atomic E-state index is -0.353. The first kappa shape index (κ1) is 12.4. The zero-order chi connectivity index (χ0) is 12.4. The number of aromatic nitrogens is 2. The lowest BCUT2D eigenvalue weighted by molar-refractivity contribution is -0.119. The van der Waals surface area contributed by atoms with Crippen LogP contribution in [-0.4, -0.2) is 28.7 Å². The van der Waals surface area contributed by atoms with Crippen molar-refractivity contribution in [2.75, 3.05) is 11.4 Å². The van der Waals surface area contributed by atoms with Gasteiger partial charge in [-0.2, -0.15) is 0 Å². The van der Waals surface area contributed by atoms with Gasteiger partial charge in [0.05, 0.1) is 5.69 Å². The van der Waals surface area contributed by atoms with E-state index in [0.29, 0.717) is 5.69 Å². The van der Waals surface area contributed by atoms with Crippen LogP contribution in [0.2, 0.25) is 10.3 Å². The van der Waals surface area contributed by atoms with Gasteiger partial charge in [-0.15, -0.1) is 10.2 Å². The molecule has 0 saturated carbocycles. The molecule has 1 aromatic heterocycles. The number of hydrogen-bond donors (Lipinski definition) is 1. The van der Waals surface area contributed by atoms with Crippen molar-refractivity contribution in [2.45, 2.75) is 25.3 Å². The Morgan fingerprint density at radius 1 is 1.41 bits per heavy atom. The van der Waals surface area contributed by atoms with E-state index in [4.69, 9.17) is 28.9 Å². The van der Waals surface area contributed by atoms with Crippen LogP contribution in [0.3, 0.4) is 0 Å². The van der Waals surface area contributed by atoms with Gasteiger partial charge in [0.1, 0.15) is 6.04 Å².